The summed E-state index contributed by atoms with van der Waals surface area (Å²) in [4.78, 5) is 7.04. The predicted octanol–water partition coefficient (Wildman–Crippen LogP) is 2.59. The number of rotatable bonds is 11. The van der Waals surface area contributed by atoms with E-state index in [1.165, 1.54) is 5.56 Å². The van der Waals surface area contributed by atoms with E-state index in [4.69, 9.17) is 4.98 Å². The Morgan fingerprint density at radius 2 is 1.89 bits per heavy atom. The Morgan fingerprint density at radius 3 is 2.52 bits per heavy atom. The van der Waals surface area contributed by atoms with Gasteiger partial charge in [-0.05, 0) is 33.9 Å². The third-order valence-electron chi connectivity index (χ3n) is 5.33. The van der Waals surface area contributed by atoms with Crippen LogP contribution in [0.25, 0.3) is 11.4 Å². The van der Waals surface area contributed by atoms with Gasteiger partial charge in [-0.1, -0.05) is 43.7 Å². The number of nitrogens with one attached hydrogen (secondary N) is 2. The van der Waals surface area contributed by atoms with Crippen LogP contribution < -0.4 is 10.6 Å². The first kappa shape index (κ1) is 21.5. The third-order valence-corrected chi connectivity index (χ3v) is 5.33. The second-order valence-electron chi connectivity index (χ2n) is 7.68. The highest BCUT2D eigenvalue weighted by Crippen LogP contribution is 2.16. The molecule has 0 aliphatic rings. The van der Waals surface area contributed by atoms with Crippen molar-refractivity contribution in [1.82, 2.24) is 30.3 Å². The molecule has 1 heterocycles. The van der Waals surface area contributed by atoms with E-state index in [0.717, 1.165) is 49.8 Å². The molecule has 2 N–H and O–H groups in total. The molecule has 6 nitrogen and oxygen atoms in total. The molecule has 1 aromatic carbocycles. The molecule has 0 saturated heterocycles. The molecule has 0 aliphatic carbocycles. The van der Waals surface area contributed by atoms with E-state index in [1.807, 2.05) is 11.7 Å². The molecule has 0 amide bonds. The maximum atomic E-state index is 4.71. The first-order valence-corrected chi connectivity index (χ1v) is 9.98. The fraction of sp³-hybridized carbons (Fsp3) is 0.619. The molecule has 1 aromatic heterocycles. The van der Waals surface area contributed by atoms with Crippen molar-refractivity contribution < 1.29 is 0 Å². The van der Waals surface area contributed by atoms with E-state index in [1.54, 1.807) is 0 Å². The summed E-state index contributed by atoms with van der Waals surface area (Å²) in [5, 5.41) is 11.8. The van der Waals surface area contributed by atoms with E-state index in [0.29, 0.717) is 6.54 Å². The first-order valence-electron chi connectivity index (χ1n) is 9.98. The highest BCUT2D eigenvalue weighted by molar-refractivity contribution is 5.54. The minimum absolute atomic E-state index is 0.0764. The molecule has 150 valence electrons. The summed E-state index contributed by atoms with van der Waals surface area (Å²) < 4.78 is 1.87. The average Bonchev–Trinajstić information content (AvgIpc) is 3.03. The van der Waals surface area contributed by atoms with Crippen LogP contribution in [0.1, 0.15) is 38.6 Å². The van der Waals surface area contributed by atoms with Crippen molar-refractivity contribution in [3.8, 4) is 11.4 Å². The lowest BCUT2D eigenvalue weighted by atomic mass is 9.99. The molecule has 2 rings (SSSR count). The molecule has 0 spiro atoms. The van der Waals surface area contributed by atoms with Crippen LogP contribution in [0.5, 0.6) is 0 Å². The Hall–Kier alpha value is -1.76. The van der Waals surface area contributed by atoms with Gasteiger partial charge in [-0.3, -0.25) is 4.68 Å². The van der Waals surface area contributed by atoms with E-state index >= 15 is 0 Å². The van der Waals surface area contributed by atoms with Crippen molar-refractivity contribution >= 4 is 0 Å². The quantitative estimate of drug-likeness (QED) is 0.635. The molecule has 27 heavy (non-hydrogen) atoms. The Bertz CT molecular complexity index is 693. The predicted molar refractivity (Wildman–Crippen MR) is 113 cm³/mol. The fourth-order valence-corrected chi connectivity index (χ4v) is 2.86. The van der Waals surface area contributed by atoms with Crippen LogP contribution in [0.2, 0.25) is 0 Å². The van der Waals surface area contributed by atoms with E-state index in [2.05, 4.69) is 79.6 Å². The summed E-state index contributed by atoms with van der Waals surface area (Å²) in [6, 6.07) is 8.34. The van der Waals surface area contributed by atoms with Crippen molar-refractivity contribution in [2.45, 2.75) is 46.2 Å². The molecule has 2 aromatic rings. The lowest BCUT2D eigenvalue weighted by Crippen LogP contribution is -2.51. The van der Waals surface area contributed by atoms with Crippen molar-refractivity contribution in [2.75, 3.05) is 33.2 Å². The van der Waals surface area contributed by atoms with Crippen LogP contribution in [-0.4, -0.2) is 58.4 Å². The first-order chi connectivity index (χ1) is 12.9. The Kier molecular flexibility index (Phi) is 7.95. The van der Waals surface area contributed by atoms with Crippen LogP contribution >= 0.6 is 0 Å². The molecular weight excluding hydrogens is 336 g/mol. The van der Waals surface area contributed by atoms with Gasteiger partial charge in [-0.2, -0.15) is 5.10 Å². The van der Waals surface area contributed by atoms with Gasteiger partial charge in [0.25, 0.3) is 0 Å². The number of aromatic nitrogens is 3. The van der Waals surface area contributed by atoms with E-state index in [9.17, 15) is 0 Å². The highest BCUT2D eigenvalue weighted by Gasteiger charge is 2.21. The van der Waals surface area contributed by atoms with E-state index in [-0.39, 0.29) is 5.54 Å². The van der Waals surface area contributed by atoms with Crippen LogP contribution in [0, 0.1) is 6.92 Å². The summed E-state index contributed by atoms with van der Waals surface area (Å²) in [5.41, 5.74) is 2.38. The Balaban J connectivity index is 1.89. The molecule has 0 bridgehead atoms. The highest BCUT2D eigenvalue weighted by atomic mass is 15.3. The van der Waals surface area contributed by atoms with Gasteiger partial charge in [0.05, 0.1) is 6.54 Å². The van der Waals surface area contributed by atoms with E-state index < -0.39 is 0 Å². The zero-order chi connectivity index (χ0) is 19.9. The second-order valence-corrected chi connectivity index (χ2v) is 7.68. The van der Waals surface area contributed by atoms with Crippen molar-refractivity contribution in [3.05, 3.63) is 35.7 Å². The zero-order valence-electron chi connectivity index (χ0n) is 17.8. The smallest absolute Gasteiger partial charge is 0.181 e. The number of nitrogens with zero attached hydrogens (tertiary/aromatic N) is 4. The van der Waals surface area contributed by atoms with Gasteiger partial charge in [-0.25, -0.2) is 4.98 Å². The van der Waals surface area contributed by atoms with Gasteiger partial charge in [0.2, 0.25) is 0 Å². The standard InChI is InChI=1S/C21H36N6/c1-7-21(4,23-13-14-26(5)8-2)16-22-15-19-24-20(25-27(19)6)18-11-9-17(3)10-12-18/h9-12,22-23H,7-8,13-16H2,1-6H3. The molecule has 0 saturated carbocycles. The minimum Gasteiger partial charge on any atom is -0.309 e. The largest absolute Gasteiger partial charge is 0.309 e. The number of likely N-dealkylation sites (N-methyl/N-ethyl adjacent to an activating group) is 1. The van der Waals surface area contributed by atoms with Crippen molar-refractivity contribution in [2.24, 2.45) is 7.05 Å². The Morgan fingerprint density at radius 1 is 1.19 bits per heavy atom. The normalized spacial score (nSPS) is 13.9. The van der Waals surface area contributed by atoms with Gasteiger partial charge in [0.1, 0.15) is 5.82 Å². The second kappa shape index (κ2) is 9.97. The van der Waals surface area contributed by atoms with Gasteiger partial charge in [0.15, 0.2) is 5.82 Å². The number of benzene rings is 1. The van der Waals surface area contributed by atoms with Gasteiger partial charge >= 0.3 is 0 Å². The molecule has 0 aliphatic heterocycles. The third kappa shape index (κ3) is 6.41. The zero-order valence-corrected chi connectivity index (χ0v) is 17.8. The summed E-state index contributed by atoms with van der Waals surface area (Å²) >= 11 is 0. The molecular formula is C21H36N6. The van der Waals surface area contributed by atoms with Crippen LogP contribution in [0.15, 0.2) is 24.3 Å². The maximum absolute atomic E-state index is 4.71. The Labute approximate surface area is 164 Å². The SMILES string of the molecule is CCN(C)CCNC(C)(CC)CNCc1nc(-c2ccc(C)cc2)nn1C. The van der Waals surface area contributed by atoms with Crippen molar-refractivity contribution in [1.29, 1.82) is 0 Å². The number of aryl methyl sites for hydroxylation is 2. The topological polar surface area (TPSA) is 58.0 Å². The monoisotopic (exact) mass is 372 g/mol. The summed E-state index contributed by atoms with van der Waals surface area (Å²) in [6.45, 7) is 13.5. The van der Waals surface area contributed by atoms with Crippen molar-refractivity contribution in [3.63, 3.8) is 0 Å². The lowest BCUT2D eigenvalue weighted by molar-refractivity contribution is 0.285. The van der Waals surface area contributed by atoms with Gasteiger partial charge in [-0.15, -0.1) is 0 Å². The van der Waals surface area contributed by atoms with Crippen LogP contribution in [0.3, 0.4) is 0 Å². The minimum atomic E-state index is 0.0764. The summed E-state index contributed by atoms with van der Waals surface area (Å²) in [7, 11) is 4.11. The summed E-state index contributed by atoms with van der Waals surface area (Å²) in [6.07, 6.45) is 1.07. The fourth-order valence-electron chi connectivity index (χ4n) is 2.86. The molecule has 6 heteroatoms. The number of hydrogen-bond donors (Lipinski definition) is 2. The summed E-state index contributed by atoms with van der Waals surface area (Å²) in [5.74, 6) is 1.74. The molecule has 0 radical (unpaired) electrons. The van der Waals surface area contributed by atoms with Crippen LogP contribution in [0.4, 0.5) is 0 Å². The molecule has 1 unspecified atom stereocenters. The van der Waals surface area contributed by atoms with Crippen LogP contribution in [-0.2, 0) is 13.6 Å². The number of hydrogen-bond acceptors (Lipinski definition) is 5. The molecule has 1 atom stereocenters. The lowest BCUT2D eigenvalue weighted by Gasteiger charge is -2.31. The average molecular weight is 373 g/mol. The van der Waals surface area contributed by atoms with Gasteiger partial charge in [0, 0.05) is 37.8 Å². The molecule has 0 fully saturated rings. The van der Waals surface area contributed by atoms with Gasteiger partial charge < -0.3 is 15.5 Å². The maximum Gasteiger partial charge on any atom is 0.181 e.